The summed E-state index contributed by atoms with van der Waals surface area (Å²) in [6.45, 7) is 7.22. The smallest absolute Gasteiger partial charge is 0.428 e. The van der Waals surface area contributed by atoms with Crippen molar-refractivity contribution in [1.82, 2.24) is 5.32 Å². The summed E-state index contributed by atoms with van der Waals surface area (Å²) in [5, 5.41) is 2.64. The van der Waals surface area contributed by atoms with Gasteiger partial charge in [-0.3, -0.25) is 4.79 Å². The van der Waals surface area contributed by atoms with Gasteiger partial charge in [0.25, 0.3) is 0 Å². The van der Waals surface area contributed by atoms with Crippen LogP contribution in [0.4, 0.5) is 26.3 Å². The molecule has 0 aliphatic rings. The molecule has 0 aliphatic heterocycles. The maximum absolute atomic E-state index is 14.2. The van der Waals surface area contributed by atoms with Crippen molar-refractivity contribution in [2.45, 2.75) is 59.1 Å². The van der Waals surface area contributed by atoms with Crippen LogP contribution < -0.4 is 10.1 Å². The zero-order valence-corrected chi connectivity index (χ0v) is 18.1. The van der Waals surface area contributed by atoms with Crippen LogP contribution in [0.2, 0.25) is 0 Å². The van der Waals surface area contributed by atoms with E-state index in [9.17, 15) is 31.1 Å². The van der Waals surface area contributed by atoms with Crippen LogP contribution >= 0.6 is 0 Å². The molecule has 1 N–H and O–H groups in total. The molecule has 32 heavy (non-hydrogen) atoms. The molecule has 3 nitrogen and oxygen atoms in total. The summed E-state index contributed by atoms with van der Waals surface area (Å²) in [5.41, 5.74) is 0.619. The lowest BCUT2D eigenvalue weighted by Crippen LogP contribution is -2.33. The third-order valence-electron chi connectivity index (χ3n) is 4.64. The number of hydrogen-bond donors (Lipinski definition) is 1. The summed E-state index contributed by atoms with van der Waals surface area (Å²) < 4.78 is 83.3. The Morgan fingerprint density at radius 1 is 1.03 bits per heavy atom. The van der Waals surface area contributed by atoms with Crippen LogP contribution in [0.15, 0.2) is 36.4 Å². The van der Waals surface area contributed by atoms with Gasteiger partial charge in [0.15, 0.2) is 0 Å². The molecule has 9 heteroatoms. The molecule has 0 fully saturated rings. The lowest BCUT2D eigenvalue weighted by atomic mass is 9.91. The first-order valence-electron chi connectivity index (χ1n) is 9.88. The van der Waals surface area contributed by atoms with Crippen LogP contribution in [0, 0.1) is 17.0 Å². The second-order valence-corrected chi connectivity index (χ2v) is 8.77. The Bertz CT molecular complexity index is 956. The molecular formula is C23H25F6NO2. The van der Waals surface area contributed by atoms with E-state index < -0.39 is 35.8 Å². The van der Waals surface area contributed by atoms with Crippen molar-refractivity contribution in [3.63, 3.8) is 0 Å². The Morgan fingerprint density at radius 2 is 1.69 bits per heavy atom. The molecule has 2 aromatic rings. The van der Waals surface area contributed by atoms with Gasteiger partial charge in [-0.25, -0.2) is 8.78 Å². The summed E-state index contributed by atoms with van der Waals surface area (Å²) in [7, 11) is 0. The van der Waals surface area contributed by atoms with Gasteiger partial charge in [-0.15, -0.1) is 0 Å². The largest absolute Gasteiger partial charge is 0.461 e. The minimum absolute atomic E-state index is 0.0700. The molecule has 1 atom stereocenters. The van der Waals surface area contributed by atoms with Crippen LogP contribution in [0.25, 0.3) is 0 Å². The Morgan fingerprint density at radius 3 is 2.28 bits per heavy atom. The maximum Gasteiger partial charge on any atom is 0.461 e. The van der Waals surface area contributed by atoms with Gasteiger partial charge in [0, 0.05) is 30.5 Å². The van der Waals surface area contributed by atoms with Crippen molar-refractivity contribution in [2.24, 2.45) is 5.41 Å². The average Bonchev–Trinajstić information content (AvgIpc) is 2.64. The third kappa shape index (κ3) is 7.17. The first kappa shape index (κ1) is 25.5. The Hall–Kier alpha value is -2.71. The van der Waals surface area contributed by atoms with Crippen LogP contribution in [0.3, 0.4) is 0 Å². The number of carbonyl (C=O) groups excluding carboxylic acids is 1. The van der Waals surface area contributed by atoms with E-state index in [1.165, 1.54) is 18.2 Å². The minimum atomic E-state index is -4.78. The van der Waals surface area contributed by atoms with E-state index in [1.54, 1.807) is 6.92 Å². The van der Waals surface area contributed by atoms with E-state index in [2.05, 4.69) is 10.1 Å². The fraction of sp³-hybridized carbons (Fsp3) is 0.435. The molecule has 0 heterocycles. The lowest BCUT2D eigenvalue weighted by molar-refractivity contribution is -0.253. The van der Waals surface area contributed by atoms with Gasteiger partial charge in [-0.05, 0) is 34.7 Å². The van der Waals surface area contributed by atoms with Crippen LogP contribution in [-0.2, 0) is 11.3 Å². The van der Waals surface area contributed by atoms with Gasteiger partial charge in [-0.2, -0.15) is 17.6 Å². The van der Waals surface area contributed by atoms with Crippen molar-refractivity contribution >= 4 is 5.91 Å². The number of ether oxygens (including phenoxy) is 1. The maximum atomic E-state index is 14.2. The molecule has 2 rings (SSSR count). The summed E-state index contributed by atoms with van der Waals surface area (Å²) in [5.74, 6) is -3.13. The molecule has 0 saturated heterocycles. The van der Waals surface area contributed by atoms with E-state index in [0.29, 0.717) is 11.6 Å². The van der Waals surface area contributed by atoms with E-state index in [-0.39, 0.29) is 35.4 Å². The van der Waals surface area contributed by atoms with Crippen molar-refractivity contribution in [3.05, 3.63) is 64.7 Å². The number of alkyl halides is 4. The summed E-state index contributed by atoms with van der Waals surface area (Å²) >= 11 is 0. The zero-order valence-electron chi connectivity index (χ0n) is 18.1. The fourth-order valence-electron chi connectivity index (χ4n) is 3.02. The standard InChI is InChI=1S/C23H25F6NO2/c1-13(15-8-17(24)10-18(9-15)32-23(28,29)21(26)27)14-5-6-19(25)16(7-14)12-30-20(31)11-22(2,3)4/h5-10,13,21H,11-12H2,1-4H3,(H,30,31). The molecule has 1 amide bonds. The monoisotopic (exact) mass is 461 g/mol. The molecule has 176 valence electrons. The van der Waals surface area contributed by atoms with Gasteiger partial charge in [0.05, 0.1) is 0 Å². The molecule has 2 aromatic carbocycles. The molecule has 0 saturated carbocycles. The molecular weight excluding hydrogens is 436 g/mol. The highest BCUT2D eigenvalue weighted by Crippen LogP contribution is 2.33. The highest BCUT2D eigenvalue weighted by atomic mass is 19.3. The number of halogens is 6. The quantitative estimate of drug-likeness (QED) is 0.462. The van der Waals surface area contributed by atoms with Gasteiger partial charge >= 0.3 is 12.5 Å². The first-order valence-corrected chi connectivity index (χ1v) is 9.88. The average molecular weight is 461 g/mol. The van der Waals surface area contributed by atoms with Crippen molar-refractivity contribution in [2.75, 3.05) is 0 Å². The predicted octanol–water partition coefficient (Wildman–Crippen LogP) is 6.41. The number of amides is 1. The minimum Gasteiger partial charge on any atom is -0.428 e. The number of rotatable bonds is 8. The second kappa shape index (κ2) is 9.83. The van der Waals surface area contributed by atoms with Crippen LogP contribution in [-0.4, -0.2) is 18.4 Å². The van der Waals surface area contributed by atoms with Gasteiger partial charge in [0.2, 0.25) is 5.91 Å². The first-order chi connectivity index (χ1) is 14.7. The van der Waals surface area contributed by atoms with Crippen molar-refractivity contribution in [1.29, 1.82) is 0 Å². The molecule has 1 unspecified atom stereocenters. The van der Waals surface area contributed by atoms with Crippen molar-refractivity contribution in [3.8, 4) is 5.75 Å². The van der Waals surface area contributed by atoms with Crippen LogP contribution in [0.1, 0.15) is 56.7 Å². The number of carbonyl (C=O) groups is 1. The third-order valence-corrected chi connectivity index (χ3v) is 4.64. The van der Waals surface area contributed by atoms with E-state index in [1.807, 2.05) is 20.8 Å². The Kier molecular flexibility index (Phi) is 7.85. The van der Waals surface area contributed by atoms with Crippen LogP contribution in [0.5, 0.6) is 5.75 Å². The predicted molar refractivity (Wildman–Crippen MR) is 108 cm³/mol. The lowest BCUT2D eigenvalue weighted by Gasteiger charge is -2.20. The highest BCUT2D eigenvalue weighted by Gasteiger charge is 2.44. The number of hydrogen-bond acceptors (Lipinski definition) is 2. The SMILES string of the molecule is CC(c1cc(F)cc(OC(F)(F)C(F)F)c1)c1ccc(F)c(CNC(=O)CC(C)(C)C)c1. The van der Waals surface area contributed by atoms with Gasteiger partial charge in [-0.1, -0.05) is 39.8 Å². The Labute approximate surface area is 182 Å². The summed E-state index contributed by atoms with van der Waals surface area (Å²) in [4.78, 5) is 12.0. The summed E-state index contributed by atoms with van der Waals surface area (Å²) in [6, 6.07) is 6.73. The van der Waals surface area contributed by atoms with E-state index in [0.717, 1.165) is 12.1 Å². The van der Waals surface area contributed by atoms with Crippen molar-refractivity contribution < 1.29 is 35.9 Å². The van der Waals surface area contributed by atoms with E-state index in [4.69, 9.17) is 0 Å². The van der Waals surface area contributed by atoms with Gasteiger partial charge in [0.1, 0.15) is 17.4 Å². The molecule has 0 spiro atoms. The molecule has 0 radical (unpaired) electrons. The molecule has 0 aliphatic carbocycles. The highest BCUT2D eigenvalue weighted by molar-refractivity contribution is 5.76. The second-order valence-electron chi connectivity index (χ2n) is 8.77. The molecule has 0 aromatic heterocycles. The van der Waals surface area contributed by atoms with Gasteiger partial charge < -0.3 is 10.1 Å². The number of benzene rings is 2. The molecule has 0 bridgehead atoms. The number of nitrogens with one attached hydrogen (secondary N) is 1. The topological polar surface area (TPSA) is 38.3 Å². The fourth-order valence-corrected chi connectivity index (χ4v) is 3.02. The van der Waals surface area contributed by atoms with E-state index >= 15 is 0 Å². The zero-order chi connectivity index (χ0) is 24.3. The Balaban J connectivity index is 2.23. The normalized spacial score (nSPS) is 13.2. The summed E-state index contributed by atoms with van der Waals surface area (Å²) in [6.07, 6.45) is -8.61.